The van der Waals surface area contributed by atoms with Crippen molar-refractivity contribution in [2.75, 3.05) is 0 Å². The third kappa shape index (κ3) is 3.41. The van der Waals surface area contributed by atoms with E-state index in [0.717, 1.165) is 48.3 Å². The van der Waals surface area contributed by atoms with E-state index < -0.39 is 0 Å². The van der Waals surface area contributed by atoms with Crippen LogP contribution in [0.1, 0.15) is 112 Å². The molecule has 0 aromatic rings. The molecular weight excluding hydrogens is 340 g/mol. The summed E-state index contributed by atoms with van der Waals surface area (Å²) in [5.74, 6) is 6.82. The molecule has 0 aromatic heterocycles. The van der Waals surface area contributed by atoms with Crippen molar-refractivity contribution in [2.24, 2.45) is 52.3 Å². The Hall–Kier alpha value is -0.330. The van der Waals surface area contributed by atoms with Gasteiger partial charge in [0, 0.05) is 12.8 Å². The first-order valence-corrected chi connectivity index (χ1v) is 12.8. The molecule has 4 fully saturated rings. The van der Waals surface area contributed by atoms with Gasteiger partial charge in [0.25, 0.3) is 0 Å². The van der Waals surface area contributed by atoms with E-state index in [-0.39, 0.29) is 0 Å². The number of hydrogen-bond donors (Lipinski definition) is 0. The van der Waals surface area contributed by atoms with E-state index in [0.29, 0.717) is 22.5 Å². The van der Waals surface area contributed by atoms with Crippen LogP contribution in [0, 0.1) is 52.3 Å². The van der Waals surface area contributed by atoms with Crippen molar-refractivity contribution in [3.63, 3.8) is 0 Å². The first-order valence-electron chi connectivity index (χ1n) is 12.8. The molecular formula is C27H46O. The Morgan fingerprint density at radius 1 is 0.893 bits per heavy atom. The number of Topliss-reactive ketones (excluding diaryl/α,β-unsaturated/α-hetero) is 1. The molecule has 4 aliphatic carbocycles. The Morgan fingerprint density at radius 3 is 2.39 bits per heavy atom. The molecule has 1 heteroatoms. The van der Waals surface area contributed by atoms with Crippen molar-refractivity contribution in [2.45, 2.75) is 112 Å². The monoisotopic (exact) mass is 386 g/mol. The molecule has 0 heterocycles. The van der Waals surface area contributed by atoms with Crippen LogP contribution in [-0.4, -0.2) is 5.78 Å². The Labute approximate surface area is 174 Å². The summed E-state index contributed by atoms with van der Waals surface area (Å²) in [6.45, 7) is 12.6. The molecule has 0 saturated heterocycles. The average Bonchev–Trinajstić information content (AvgIpc) is 2.99. The third-order valence-corrected chi connectivity index (χ3v) is 10.7. The highest BCUT2D eigenvalue weighted by molar-refractivity contribution is 5.79. The van der Waals surface area contributed by atoms with Crippen molar-refractivity contribution in [1.29, 1.82) is 0 Å². The van der Waals surface area contributed by atoms with Gasteiger partial charge in [-0.1, -0.05) is 53.9 Å². The minimum absolute atomic E-state index is 0.471. The zero-order valence-electron chi connectivity index (χ0n) is 19.4. The second-order valence-electron chi connectivity index (χ2n) is 12.4. The van der Waals surface area contributed by atoms with Crippen molar-refractivity contribution < 1.29 is 4.79 Å². The molecule has 0 N–H and O–H groups in total. The smallest absolute Gasteiger partial charge is 0.133 e. The molecule has 0 aliphatic heterocycles. The number of fused-ring (bicyclic) bond motifs is 5. The SMILES string of the molecule is CC(C)CCC[C@@H](C)[C@H]1CC[C@H]2[C@@H]3CC[C@H]4CC(=O)CC[C@]4(C)[C@H]3CCC12C. The van der Waals surface area contributed by atoms with Crippen molar-refractivity contribution in [3.8, 4) is 0 Å². The van der Waals surface area contributed by atoms with Crippen LogP contribution >= 0.6 is 0 Å². The van der Waals surface area contributed by atoms with Gasteiger partial charge in [-0.3, -0.25) is 4.79 Å². The Balaban J connectivity index is 1.47. The van der Waals surface area contributed by atoms with Gasteiger partial charge in [0.15, 0.2) is 0 Å². The number of rotatable bonds is 5. The molecule has 160 valence electrons. The van der Waals surface area contributed by atoms with Crippen LogP contribution in [-0.2, 0) is 4.79 Å². The van der Waals surface area contributed by atoms with E-state index >= 15 is 0 Å². The topological polar surface area (TPSA) is 17.1 Å². The standard InChI is InChI=1S/C27H46O/c1-18(2)7-6-8-19(3)23-11-12-24-22-10-9-20-17-21(28)13-15-26(20,4)25(22)14-16-27(23,24)5/h18-20,22-25H,6-17H2,1-5H3/t19-,20+,22+,23-,24+,25+,26+,27?/m1/s1. The van der Waals surface area contributed by atoms with Gasteiger partial charge in [0.05, 0.1) is 0 Å². The fourth-order valence-electron chi connectivity index (χ4n) is 9.07. The van der Waals surface area contributed by atoms with Crippen LogP contribution in [0.3, 0.4) is 0 Å². The van der Waals surface area contributed by atoms with Gasteiger partial charge in [0.1, 0.15) is 5.78 Å². The molecule has 28 heavy (non-hydrogen) atoms. The Morgan fingerprint density at radius 2 is 1.64 bits per heavy atom. The van der Waals surface area contributed by atoms with Crippen molar-refractivity contribution in [1.82, 2.24) is 0 Å². The maximum Gasteiger partial charge on any atom is 0.133 e. The summed E-state index contributed by atoms with van der Waals surface area (Å²) < 4.78 is 0. The van der Waals surface area contributed by atoms with Gasteiger partial charge in [-0.05, 0) is 97.2 Å². The lowest BCUT2D eigenvalue weighted by molar-refractivity contribution is -0.140. The van der Waals surface area contributed by atoms with E-state index in [1.807, 2.05) is 0 Å². The predicted octanol–water partition coefficient (Wildman–Crippen LogP) is 7.68. The Bertz CT molecular complexity index is 579. The molecule has 1 nitrogen and oxygen atoms in total. The molecule has 8 atom stereocenters. The predicted molar refractivity (Wildman–Crippen MR) is 118 cm³/mol. The first kappa shape index (κ1) is 20.9. The molecule has 0 aromatic carbocycles. The largest absolute Gasteiger partial charge is 0.300 e. The van der Waals surface area contributed by atoms with E-state index in [1.54, 1.807) is 0 Å². The van der Waals surface area contributed by atoms with E-state index in [4.69, 9.17) is 0 Å². The lowest BCUT2D eigenvalue weighted by atomic mass is 9.44. The van der Waals surface area contributed by atoms with Crippen molar-refractivity contribution in [3.05, 3.63) is 0 Å². The van der Waals surface area contributed by atoms with Gasteiger partial charge in [-0.15, -0.1) is 0 Å². The molecule has 4 rings (SSSR count). The number of carbonyl (C=O) groups excluding carboxylic acids is 1. The molecule has 4 aliphatic rings. The number of ketones is 1. The Kier molecular flexibility index (Phi) is 5.78. The third-order valence-electron chi connectivity index (χ3n) is 10.7. The lowest BCUT2D eigenvalue weighted by Gasteiger charge is -2.60. The molecule has 0 radical (unpaired) electrons. The zero-order chi connectivity index (χ0) is 20.1. The zero-order valence-corrected chi connectivity index (χ0v) is 19.4. The number of carbonyl (C=O) groups is 1. The summed E-state index contributed by atoms with van der Waals surface area (Å²) in [7, 11) is 0. The van der Waals surface area contributed by atoms with Gasteiger partial charge < -0.3 is 0 Å². The summed E-state index contributed by atoms with van der Waals surface area (Å²) in [5, 5.41) is 0. The van der Waals surface area contributed by atoms with Crippen molar-refractivity contribution >= 4 is 5.78 Å². The molecule has 0 amide bonds. The maximum absolute atomic E-state index is 12.1. The van der Waals surface area contributed by atoms with E-state index in [9.17, 15) is 4.79 Å². The summed E-state index contributed by atoms with van der Waals surface area (Å²) >= 11 is 0. The highest BCUT2D eigenvalue weighted by Gasteiger charge is 2.60. The van der Waals surface area contributed by atoms with E-state index in [1.165, 1.54) is 64.2 Å². The maximum atomic E-state index is 12.1. The van der Waals surface area contributed by atoms with Gasteiger partial charge in [-0.2, -0.15) is 0 Å². The van der Waals surface area contributed by atoms with Gasteiger partial charge >= 0.3 is 0 Å². The van der Waals surface area contributed by atoms with Crippen LogP contribution in [0.4, 0.5) is 0 Å². The van der Waals surface area contributed by atoms with Crippen LogP contribution in [0.5, 0.6) is 0 Å². The van der Waals surface area contributed by atoms with Crippen LogP contribution < -0.4 is 0 Å². The summed E-state index contributed by atoms with van der Waals surface area (Å²) in [4.78, 5) is 12.1. The summed E-state index contributed by atoms with van der Waals surface area (Å²) in [6.07, 6.45) is 15.9. The van der Waals surface area contributed by atoms with Crippen LogP contribution in [0.15, 0.2) is 0 Å². The normalized spacial score (nSPS) is 46.8. The van der Waals surface area contributed by atoms with E-state index in [2.05, 4.69) is 34.6 Å². The average molecular weight is 387 g/mol. The molecule has 0 bridgehead atoms. The molecule has 4 saturated carbocycles. The van der Waals surface area contributed by atoms with Gasteiger partial charge in [-0.25, -0.2) is 0 Å². The van der Waals surface area contributed by atoms with Crippen LogP contribution in [0.2, 0.25) is 0 Å². The highest BCUT2D eigenvalue weighted by Crippen LogP contribution is 2.68. The van der Waals surface area contributed by atoms with Gasteiger partial charge in [0.2, 0.25) is 0 Å². The lowest BCUT2D eigenvalue weighted by Crippen LogP contribution is -2.53. The fourth-order valence-corrected chi connectivity index (χ4v) is 9.07. The quantitative estimate of drug-likeness (QED) is 0.473. The number of hydrogen-bond acceptors (Lipinski definition) is 1. The minimum atomic E-state index is 0.471. The summed E-state index contributed by atoms with van der Waals surface area (Å²) in [5.41, 5.74) is 1.07. The molecule has 0 spiro atoms. The molecule has 1 unspecified atom stereocenters. The van der Waals surface area contributed by atoms with Crippen LogP contribution in [0.25, 0.3) is 0 Å². The second kappa shape index (κ2) is 7.73. The minimum Gasteiger partial charge on any atom is -0.300 e. The summed E-state index contributed by atoms with van der Waals surface area (Å²) in [6, 6.07) is 0. The fraction of sp³-hybridized carbons (Fsp3) is 0.963. The first-order chi connectivity index (χ1) is 13.3. The second-order valence-corrected chi connectivity index (χ2v) is 12.4. The highest BCUT2D eigenvalue weighted by atomic mass is 16.1.